The topological polar surface area (TPSA) is 54.7 Å². The summed E-state index contributed by atoms with van der Waals surface area (Å²) in [5.74, 6) is 0. The third-order valence-electron chi connectivity index (χ3n) is 0.715. The average molecular weight is 139 g/mol. The minimum absolute atomic E-state index is 0.192. The van der Waals surface area contributed by atoms with Gasteiger partial charge in [0.05, 0.1) is 0 Å². The molecule has 0 aliphatic rings. The Bertz CT molecular complexity index is 212. The van der Waals surface area contributed by atoms with E-state index in [0.29, 0.717) is 5.00 Å². The van der Waals surface area contributed by atoms with Crippen LogP contribution in [0.2, 0.25) is 0 Å². The van der Waals surface area contributed by atoms with Crippen molar-refractivity contribution in [3.05, 3.63) is 11.1 Å². The number of aromatic nitrogens is 1. The first kappa shape index (κ1) is 6.22. The molecule has 0 aliphatic carbocycles. The third-order valence-corrected chi connectivity index (χ3v) is 1.52. The van der Waals surface area contributed by atoms with Crippen molar-refractivity contribution >= 4 is 29.1 Å². The van der Waals surface area contributed by atoms with E-state index >= 15 is 0 Å². The number of hydrogen-bond donors (Lipinski definition) is 0. The van der Waals surface area contributed by atoms with E-state index in [1.807, 2.05) is 0 Å². The van der Waals surface area contributed by atoms with Crippen LogP contribution in [0.4, 0.5) is 10.1 Å². The van der Waals surface area contributed by atoms with Gasteiger partial charge in [-0.3, -0.25) is 0 Å². The van der Waals surface area contributed by atoms with E-state index < -0.39 is 0 Å². The molecular weight excluding hydrogens is 137 g/mol. The van der Waals surface area contributed by atoms with Gasteiger partial charge in [-0.15, -0.1) is 0 Å². The van der Waals surface area contributed by atoms with Crippen LogP contribution in [0.15, 0.2) is 16.3 Å². The van der Waals surface area contributed by atoms with Crippen LogP contribution in [0.3, 0.4) is 0 Å². The Balaban J connectivity index is 2.98. The van der Waals surface area contributed by atoms with E-state index in [9.17, 15) is 4.91 Å². The van der Waals surface area contributed by atoms with Crippen molar-refractivity contribution in [3.63, 3.8) is 0 Å². The SMILES string of the molecule is B=Nc1cnc(N=O)s1. The number of hydrogen-bond acceptors (Lipinski definition) is 5. The van der Waals surface area contributed by atoms with E-state index in [1.54, 1.807) is 0 Å². The van der Waals surface area contributed by atoms with Crippen LogP contribution in [-0.2, 0) is 0 Å². The van der Waals surface area contributed by atoms with Gasteiger partial charge in [0.25, 0.3) is 0 Å². The van der Waals surface area contributed by atoms with Crippen molar-refractivity contribution < 1.29 is 0 Å². The number of thiazole rings is 1. The van der Waals surface area contributed by atoms with Gasteiger partial charge in [-0.05, 0) is 0 Å². The molecular formula is C3H2BN3OS. The van der Waals surface area contributed by atoms with Crippen molar-refractivity contribution in [1.82, 2.24) is 4.98 Å². The van der Waals surface area contributed by atoms with Gasteiger partial charge in [0.2, 0.25) is 0 Å². The summed E-state index contributed by atoms with van der Waals surface area (Å²) in [6, 6.07) is 0. The molecule has 0 bridgehead atoms. The van der Waals surface area contributed by atoms with E-state index in [1.165, 1.54) is 6.20 Å². The zero-order valence-electron chi connectivity index (χ0n) is 4.44. The van der Waals surface area contributed by atoms with Crippen LogP contribution in [0.5, 0.6) is 0 Å². The molecule has 0 N–H and O–H groups in total. The summed E-state index contributed by atoms with van der Waals surface area (Å²) in [6.07, 6.45) is 1.45. The van der Waals surface area contributed by atoms with Crippen LogP contribution >= 0.6 is 11.3 Å². The first-order chi connectivity index (χ1) is 4.36. The molecule has 0 amide bonds. The Labute approximate surface area is 56.0 Å². The number of nitrogens with zero attached hydrogens (tertiary/aromatic N) is 3. The van der Waals surface area contributed by atoms with Crippen molar-refractivity contribution in [2.45, 2.75) is 0 Å². The Hall–Kier alpha value is -0.905. The molecule has 0 saturated carbocycles. The van der Waals surface area contributed by atoms with Gasteiger partial charge in [0, 0.05) is 0 Å². The average Bonchev–Trinajstić information content (AvgIpc) is 2.34. The van der Waals surface area contributed by atoms with Gasteiger partial charge in [-0.25, -0.2) is 0 Å². The zero-order valence-corrected chi connectivity index (χ0v) is 5.26. The third kappa shape index (κ3) is 1.26. The molecule has 1 aromatic heterocycles. The summed E-state index contributed by atoms with van der Waals surface area (Å²) in [5, 5.41) is 3.42. The Kier molecular flexibility index (Phi) is 1.79. The van der Waals surface area contributed by atoms with E-state index in [0.717, 1.165) is 11.3 Å². The molecule has 1 aromatic rings. The van der Waals surface area contributed by atoms with Gasteiger partial charge in [0.15, 0.2) is 0 Å². The molecule has 0 fully saturated rings. The molecule has 0 unspecified atom stereocenters. The normalized spacial score (nSPS) is 8.78. The summed E-state index contributed by atoms with van der Waals surface area (Å²) in [7, 11) is 3.26. The molecule has 0 atom stereocenters. The molecule has 0 spiro atoms. The van der Waals surface area contributed by atoms with Gasteiger partial charge in [-0.2, -0.15) is 0 Å². The second kappa shape index (κ2) is 2.59. The first-order valence-electron chi connectivity index (χ1n) is 2.12. The van der Waals surface area contributed by atoms with E-state index in [4.69, 9.17) is 0 Å². The molecule has 4 nitrogen and oxygen atoms in total. The predicted molar refractivity (Wildman–Crippen MR) is 36.8 cm³/mol. The maximum absolute atomic E-state index is 9.77. The molecule has 44 valence electrons. The monoisotopic (exact) mass is 139 g/mol. The van der Waals surface area contributed by atoms with E-state index in [-0.39, 0.29) is 5.13 Å². The minimum atomic E-state index is 0.192. The van der Waals surface area contributed by atoms with Gasteiger partial charge >= 0.3 is 55.3 Å². The number of nitroso groups, excluding NO2 is 1. The van der Waals surface area contributed by atoms with Crippen LogP contribution in [0.25, 0.3) is 0 Å². The summed E-state index contributed by atoms with van der Waals surface area (Å²) in [4.78, 5) is 16.9. The Morgan fingerprint density at radius 2 is 2.56 bits per heavy atom. The molecule has 6 heteroatoms. The fraction of sp³-hybridized carbons (Fsp3) is 0. The standard InChI is InChI=1S/C3H2BN3OS/c4-6-2-1-5-3(7-8)9-2/h1,4H. The second-order valence-electron chi connectivity index (χ2n) is 1.23. The fourth-order valence-electron chi connectivity index (χ4n) is 0.372. The van der Waals surface area contributed by atoms with Crippen molar-refractivity contribution in [3.8, 4) is 0 Å². The van der Waals surface area contributed by atoms with Crippen molar-refractivity contribution in [1.29, 1.82) is 0 Å². The van der Waals surface area contributed by atoms with Crippen LogP contribution in [0, 0.1) is 4.91 Å². The Morgan fingerprint density at radius 1 is 1.78 bits per heavy atom. The quantitative estimate of drug-likeness (QED) is 0.457. The van der Waals surface area contributed by atoms with Crippen LogP contribution in [-0.4, -0.2) is 12.6 Å². The van der Waals surface area contributed by atoms with E-state index in [2.05, 4.69) is 22.7 Å². The molecule has 0 aliphatic heterocycles. The first-order valence-corrected chi connectivity index (χ1v) is 2.94. The van der Waals surface area contributed by atoms with Gasteiger partial charge in [-0.1, -0.05) is 0 Å². The Morgan fingerprint density at radius 3 is 2.89 bits per heavy atom. The van der Waals surface area contributed by atoms with Crippen LogP contribution < -0.4 is 0 Å². The number of rotatable bonds is 2. The molecule has 9 heavy (non-hydrogen) atoms. The second-order valence-corrected chi connectivity index (χ2v) is 2.22. The van der Waals surface area contributed by atoms with Gasteiger partial charge in [0.1, 0.15) is 0 Å². The maximum atomic E-state index is 9.77. The summed E-state index contributed by atoms with van der Waals surface area (Å²) < 4.78 is 0. The molecule has 1 heterocycles. The van der Waals surface area contributed by atoms with Crippen molar-refractivity contribution in [2.24, 2.45) is 10.1 Å². The summed E-state index contributed by atoms with van der Waals surface area (Å²) in [5.41, 5.74) is 0. The van der Waals surface area contributed by atoms with Crippen molar-refractivity contribution in [2.75, 3.05) is 0 Å². The fourth-order valence-corrected chi connectivity index (χ4v) is 0.872. The summed E-state index contributed by atoms with van der Waals surface area (Å²) >= 11 is 1.11. The van der Waals surface area contributed by atoms with Crippen LogP contribution in [0.1, 0.15) is 0 Å². The molecule has 0 radical (unpaired) electrons. The van der Waals surface area contributed by atoms with Gasteiger partial charge < -0.3 is 0 Å². The molecule has 0 saturated heterocycles. The molecule has 1 rings (SSSR count). The predicted octanol–water partition coefficient (Wildman–Crippen LogP) is 1.26. The summed E-state index contributed by atoms with van der Waals surface area (Å²) in [6.45, 7) is 0. The zero-order chi connectivity index (χ0) is 6.69. The molecule has 0 aromatic carbocycles.